The molecule has 6 aromatic carbocycles. The van der Waals surface area contributed by atoms with Gasteiger partial charge in [0, 0.05) is 21.2 Å². The van der Waals surface area contributed by atoms with Crippen molar-refractivity contribution in [1.29, 1.82) is 0 Å². The van der Waals surface area contributed by atoms with E-state index >= 15 is 9.13 Å². The van der Waals surface area contributed by atoms with Crippen molar-refractivity contribution in [3.63, 3.8) is 0 Å². The predicted octanol–water partition coefficient (Wildman–Crippen LogP) is 8.34. The fourth-order valence-electron chi connectivity index (χ4n) is 6.59. The minimum Gasteiger partial charge on any atom is -0.312 e. The molecule has 0 N–H and O–H groups in total. The Hall–Kier alpha value is -4.48. The summed E-state index contributed by atoms with van der Waals surface area (Å²) in [6, 6.07) is 59.0. The Morgan fingerprint density at radius 3 is 0.744 bits per heavy atom. The van der Waals surface area contributed by atoms with E-state index < -0.39 is 19.2 Å². The lowest BCUT2D eigenvalue weighted by Gasteiger charge is -2.39. The minimum atomic E-state index is -3.75. The second-order valence-electron chi connectivity index (χ2n) is 10.7. The molecule has 7 rings (SSSR count). The fraction of sp³-hybridized carbons (Fsp3) is 0.0256. The number of benzene rings is 6. The first-order valence-corrected chi connectivity index (χ1v) is 17.8. The Balaban J connectivity index is 1.71. The van der Waals surface area contributed by atoms with Gasteiger partial charge in [-0.25, -0.2) is 0 Å². The molecular formula is C39H30O2P2. The van der Waals surface area contributed by atoms with Gasteiger partial charge >= 0.3 is 0 Å². The number of rotatable bonds is 8. The molecule has 0 saturated carbocycles. The van der Waals surface area contributed by atoms with Crippen molar-refractivity contribution < 1.29 is 9.13 Å². The average molecular weight is 593 g/mol. The van der Waals surface area contributed by atoms with E-state index in [1.807, 2.05) is 158 Å². The topological polar surface area (TPSA) is 34.1 Å². The molecular weight excluding hydrogens is 562 g/mol. The highest BCUT2D eigenvalue weighted by atomic mass is 31.2. The van der Waals surface area contributed by atoms with E-state index in [2.05, 4.69) is 24.3 Å². The number of allylic oxidation sites excluding steroid dienone is 2. The van der Waals surface area contributed by atoms with Crippen LogP contribution in [0.5, 0.6) is 0 Å². The van der Waals surface area contributed by atoms with E-state index in [0.29, 0.717) is 21.2 Å². The van der Waals surface area contributed by atoms with Crippen LogP contribution in [0.1, 0.15) is 11.1 Å². The van der Waals surface area contributed by atoms with Crippen LogP contribution >= 0.6 is 14.3 Å². The highest BCUT2D eigenvalue weighted by Crippen LogP contribution is 2.90. The first kappa shape index (κ1) is 27.4. The lowest BCUT2D eigenvalue weighted by atomic mass is 10.1. The van der Waals surface area contributed by atoms with E-state index in [4.69, 9.17) is 0 Å². The van der Waals surface area contributed by atoms with Crippen LogP contribution in [0.25, 0.3) is 11.1 Å². The Kier molecular flexibility index (Phi) is 6.98. The molecule has 2 nitrogen and oxygen atoms in total. The smallest absolute Gasteiger partial charge is 0.165 e. The molecule has 0 saturated heterocycles. The maximum Gasteiger partial charge on any atom is 0.165 e. The van der Waals surface area contributed by atoms with Crippen LogP contribution in [-0.4, -0.2) is 4.90 Å². The normalized spacial score (nSPS) is 14.3. The predicted molar refractivity (Wildman–Crippen MR) is 182 cm³/mol. The second-order valence-corrected chi connectivity index (χ2v) is 16.9. The Labute approximate surface area is 253 Å². The van der Waals surface area contributed by atoms with E-state index in [0.717, 1.165) is 22.3 Å². The van der Waals surface area contributed by atoms with Gasteiger partial charge < -0.3 is 9.13 Å². The van der Waals surface area contributed by atoms with Gasteiger partial charge in [0.2, 0.25) is 0 Å². The van der Waals surface area contributed by atoms with Crippen LogP contribution in [0.15, 0.2) is 182 Å². The number of hydrogen-bond acceptors (Lipinski definition) is 2. The van der Waals surface area contributed by atoms with Crippen molar-refractivity contribution >= 4 is 46.6 Å². The third-order valence-electron chi connectivity index (χ3n) is 8.40. The monoisotopic (exact) mass is 592 g/mol. The van der Waals surface area contributed by atoms with Gasteiger partial charge in [0.25, 0.3) is 0 Å². The van der Waals surface area contributed by atoms with Crippen LogP contribution in [0, 0.1) is 0 Å². The quantitative estimate of drug-likeness (QED) is 0.167. The molecule has 0 radical (unpaired) electrons. The van der Waals surface area contributed by atoms with Crippen molar-refractivity contribution in [2.45, 2.75) is 4.90 Å². The average Bonchev–Trinajstić information content (AvgIpc) is 3.82. The third-order valence-corrected chi connectivity index (χ3v) is 16.9. The van der Waals surface area contributed by atoms with Gasteiger partial charge in [-0.3, -0.25) is 0 Å². The van der Waals surface area contributed by atoms with Crippen LogP contribution in [-0.2, 0) is 9.13 Å². The lowest BCUT2D eigenvalue weighted by Crippen LogP contribution is -2.37. The van der Waals surface area contributed by atoms with Gasteiger partial charge in [0.15, 0.2) is 14.3 Å². The maximum absolute atomic E-state index is 16.8. The minimum absolute atomic E-state index is 0.688. The highest BCUT2D eigenvalue weighted by molar-refractivity contribution is 7.99. The van der Waals surface area contributed by atoms with Crippen molar-refractivity contribution in [3.05, 3.63) is 193 Å². The summed E-state index contributed by atoms with van der Waals surface area (Å²) in [6.45, 7) is 0. The van der Waals surface area contributed by atoms with Gasteiger partial charge in [-0.15, -0.1) is 0 Å². The summed E-state index contributed by atoms with van der Waals surface area (Å²) in [4.78, 5) is -1.34. The third kappa shape index (κ3) is 4.09. The molecule has 0 aliphatic heterocycles. The standard InChI is InChI=1S/C39H30O2P2/c40-42(33-23-11-3-12-24-33,34-25-13-4-14-26-34)39(43(41,35-27-15-5-16-28-35)36-29-17-6-18-30-36)37(31-19-7-1-8-20-31)38(39)32-21-9-2-10-22-32/h1-30H. The van der Waals surface area contributed by atoms with Crippen molar-refractivity contribution in [2.24, 2.45) is 0 Å². The SMILES string of the molecule is O=P(c1ccccc1)(c1ccccc1)C1(P(=O)(c2ccccc2)c2ccccc2)C(c2ccccc2)=C1c1ccccc1. The molecule has 0 atom stereocenters. The zero-order chi connectivity index (χ0) is 29.3. The fourth-order valence-corrected chi connectivity index (χ4v) is 16.1. The summed E-state index contributed by atoms with van der Waals surface area (Å²) in [5.74, 6) is 0. The summed E-state index contributed by atoms with van der Waals surface area (Å²) < 4.78 is 33.7. The first-order valence-electron chi connectivity index (χ1n) is 14.4. The van der Waals surface area contributed by atoms with E-state index in [-0.39, 0.29) is 0 Å². The van der Waals surface area contributed by atoms with Crippen molar-refractivity contribution in [1.82, 2.24) is 0 Å². The van der Waals surface area contributed by atoms with E-state index in [1.54, 1.807) is 0 Å². The van der Waals surface area contributed by atoms with E-state index in [1.165, 1.54) is 0 Å². The van der Waals surface area contributed by atoms with Gasteiger partial charge in [-0.1, -0.05) is 182 Å². The molecule has 0 amide bonds. The summed E-state index contributed by atoms with van der Waals surface area (Å²) in [7, 11) is -7.50. The highest BCUT2D eigenvalue weighted by Gasteiger charge is 2.75. The van der Waals surface area contributed by atoms with Crippen molar-refractivity contribution in [2.75, 3.05) is 0 Å². The van der Waals surface area contributed by atoms with Crippen LogP contribution in [0.4, 0.5) is 0 Å². The second kappa shape index (κ2) is 11.0. The largest absolute Gasteiger partial charge is 0.312 e. The molecule has 0 fully saturated rings. The zero-order valence-corrected chi connectivity index (χ0v) is 25.3. The van der Waals surface area contributed by atoms with Gasteiger partial charge in [-0.05, 0) is 22.3 Å². The molecule has 6 aromatic rings. The van der Waals surface area contributed by atoms with Crippen LogP contribution in [0.2, 0.25) is 0 Å². The van der Waals surface area contributed by atoms with Gasteiger partial charge in [-0.2, -0.15) is 0 Å². The summed E-state index contributed by atoms with van der Waals surface area (Å²) in [6.07, 6.45) is 0. The Bertz CT molecular complexity index is 1750. The summed E-state index contributed by atoms with van der Waals surface area (Å²) in [5, 5.41) is 2.75. The summed E-state index contributed by atoms with van der Waals surface area (Å²) in [5.41, 5.74) is 3.62. The molecule has 0 spiro atoms. The van der Waals surface area contributed by atoms with E-state index in [9.17, 15) is 0 Å². The molecule has 0 aromatic heterocycles. The van der Waals surface area contributed by atoms with Gasteiger partial charge in [0.1, 0.15) is 4.90 Å². The molecule has 0 bridgehead atoms. The molecule has 208 valence electrons. The molecule has 1 aliphatic carbocycles. The molecule has 4 heteroatoms. The zero-order valence-electron chi connectivity index (χ0n) is 23.5. The Morgan fingerprint density at radius 1 is 0.302 bits per heavy atom. The number of hydrogen-bond donors (Lipinski definition) is 0. The first-order chi connectivity index (χ1) is 21.1. The Morgan fingerprint density at radius 2 is 0.512 bits per heavy atom. The van der Waals surface area contributed by atoms with Crippen LogP contribution < -0.4 is 21.2 Å². The van der Waals surface area contributed by atoms with Crippen LogP contribution in [0.3, 0.4) is 0 Å². The molecule has 43 heavy (non-hydrogen) atoms. The van der Waals surface area contributed by atoms with Crippen molar-refractivity contribution in [3.8, 4) is 0 Å². The molecule has 1 aliphatic rings. The molecule has 0 heterocycles. The lowest BCUT2D eigenvalue weighted by molar-refractivity contribution is 0.575. The summed E-state index contributed by atoms with van der Waals surface area (Å²) >= 11 is 0. The van der Waals surface area contributed by atoms with Gasteiger partial charge in [0.05, 0.1) is 0 Å². The maximum atomic E-state index is 16.8. The molecule has 0 unspecified atom stereocenters.